The fourth-order valence-electron chi connectivity index (χ4n) is 2.27. The summed E-state index contributed by atoms with van der Waals surface area (Å²) in [4.78, 5) is 21.1. The molecule has 5 heteroatoms. The lowest BCUT2D eigenvalue weighted by atomic mass is 9.87. The van der Waals surface area contributed by atoms with Crippen LogP contribution in [0.15, 0.2) is 0 Å². The molecule has 0 aliphatic heterocycles. The van der Waals surface area contributed by atoms with Gasteiger partial charge in [-0.25, -0.2) is 4.79 Å². The van der Waals surface area contributed by atoms with Crippen molar-refractivity contribution in [1.82, 2.24) is 5.32 Å². The first-order valence-corrected chi connectivity index (χ1v) is 7.26. The third kappa shape index (κ3) is 4.98. The molecule has 0 bridgehead atoms. The Morgan fingerprint density at radius 2 is 2.35 bits per heavy atom. The van der Waals surface area contributed by atoms with E-state index in [0.29, 0.717) is 17.4 Å². The largest absolute Gasteiger partial charge is 0.480 e. The van der Waals surface area contributed by atoms with Crippen molar-refractivity contribution in [1.29, 1.82) is 0 Å². The summed E-state index contributed by atoms with van der Waals surface area (Å²) in [5.41, 5.74) is 0. The maximum atomic E-state index is 10.8. The number of hydrogen-bond donors (Lipinski definition) is 2. The number of amides is 1. The molecule has 1 aliphatic carbocycles. The molecule has 1 amide bonds. The SMILES string of the molecule is CCC1CCCC(SCC(NC=O)C(=O)O)C1. The summed E-state index contributed by atoms with van der Waals surface area (Å²) >= 11 is 1.69. The molecule has 0 heterocycles. The Kier molecular flexibility index (Phi) is 6.40. The molecule has 17 heavy (non-hydrogen) atoms. The van der Waals surface area contributed by atoms with Gasteiger partial charge in [0.05, 0.1) is 0 Å². The van der Waals surface area contributed by atoms with Gasteiger partial charge in [0.25, 0.3) is 0 Å². The summed E-state index contributed by atoms with van der Waals surface area (Å²) in [6, 6.07) is -0.750. The summed E-state index contributed by atoms with van der Waals surface area (Å²) in [5.74, 6) is 0.311. The zero-order valence-corrected chi connectivity index (χ0v) is 11.0. The first-order valence-electron chi connectivity index (χ1n) is 6.21. The van der Waals surface area contributed by atoms with Crippen molar-refractivity contribution in [2.45, 2.75) is 50.3 Å². The van der Waals surface area contributed by atoms with Gasteiger partial charge in [0.2, 0.25) is 6.41 Å². The van der Waals surface area contributed by atoms with Gasteiger partial charge in [-0.05, 0) is 18.8 Å². The lowest BCUT2D eigenvalue weighted by Crippen LogP contribution is -2.38. The highest BCUT2D eigenvalue weighted by Gasteiger charge is 2.24. The summed E-state index contributed by atoms with van der Waals surface area (Å²) in [7, 11) is 0. The van der Waals surface area contributed by atoms with Gasteiger partial charge < -0.3 is 10.4 Å². The molecule has 0 saturated heterocycles. The van der Waals surface area contributed by atoms with Gasteiger partial charge in [-0.1, -0.05) is 26.2 Å². The van der Waals surface area contributed by atoms with E-state index in [1.165, 1.54) is 32.1 Å². The van der Waals surface area contributed by atoms with Crippen LogP contribution in [0.4, 0.5) is 0 Å². The number of carboxylic acids is 1. The van der Waals surface area contributed by atoms with Gasteiger partial charge in [-0.15, -0.1) is 0 Å². The van der Waals surface area contributed by atoms with E-state index < -0.39 is 12.0 Å². The second kappa shape index (κ2) is 7.58. The van der Waals surface area contributed by atoms with Crippen LogP contribution in [0.3, 0.4) is 0 Å². The number of carboxylic acid groups (broad SMARTS) is 1. The third-order valence-corrected chi connectivity index (χ3v) is 4.80. The van der Waals surface area contributed by atoms with Crippen molar-refractivity contribution < 1.29 is 14.7 Å². The molecule has 98 valence electrons. The molecule has 1 aliphatic rings. The normalized spacial score (nSPS) is 26.2. The van der Waals surface area contributed by atoms with Gasteiger partial charge in [0.15, 0.2) is 0 Å². The van der Waals surface area contributed by atoms with E-state index in [0.717, 1.165) is 5.92 Å². The van der Waals surface area contributed by atoms with E-state index in [9.17, 15) is 9.59 Å². The Morgan fingerprint density at radius 3 is 2.94 bits per heavy atom. The molecular formula is C12H21NO3S. The Hall–Kier alpha value is -0.710. The molecule has 1 fully saturated rings. The average Bonchev–Trinajstić information content (AvgIpc) is 2.34. The number of rotatable bonds is 7. The van der Waals surface area contributed by atoms with Crippen LogP contribution >= 0.6 is 11.8 Å². The molecule has 3 unspecified atom stereocenters. The highest BCUT2D eigenvalue weighted by atomic mass is 32.2. The number of thioether (sulfide) groups is 1. The highest BCUT2D eigenvalue weighted by Crippen LogP contribution is 2.33. The van der Waals surface area contributed by atoms with E-state index in [1.807, 2.05) is 0 Å². The van der Waals surface area contributed by atoms with Crippen LogP contribution < -0.4 is 5.32 Å². The van der Waals surface area contributed by atoms with E-state index in [4.69, 9.17) is 5.11 Å². The van der Waals surface area contributed by atoms with Crippen molar-refractivity contribution in [3.63, 3.8) is 0 Å². The predicted molar refractivity (Wildman–Crippen MR) is 69.1 cm³/mol. The molecule has 1 rings (SSSR count). The maximum absolute atomic E-state index is 10.8. The molecule has 0 aromatic heterocycles. The Morgan fingerprint density at radius 1 is 1.59 bits per heavy atom. The Labute approximate surface area is 107 Å². The van der Waals surface area contributed by atoms with Gasteiger partial charge in [0, 0.05) is 11.0 Å². The lowest BCUT2D eigenvalue weighted by molar-refractivity contribution is -0.139. The minimum atomic E-state index is -0.951. The number of carbonyl (C=O) groups is 2. The van der Waals surface area contributed by atoms with Crippen LogP contribution in [0.5, 0.6) is 0 Å². The van der Waals surface area contributed by atoms with Crippen molar-refractivity contribution in [3.8, 4) is 0 Å². The second-order valence-electron chi connectivity index (χ2n) is 4.57. The van der Waals surface area contributed by atoms with Gasteiger partial charge in [-0.2, -0.15) is 11.8 Å². The quantitative estimate of drug-likeness (QED) is 0.685. The van der Waals surface area contributed by atoms with E-state index in [2.05, 4.69) is 12.2 Å². The standard InChI is InChI=1S/C12H21NO3S/c1-2-9-4-3-5-10(6-9)17-7-11(12(15)16)13-8-14/h8-11H,2-7H2,1H3,(H,13,14)(H,15,16). The summed E-state index contributed by atoms with van der Waals surface area (Å²) in [5, 5.41) is 11.8. The predicted octanol–water partition coefficient (Wildman–Crippen LogP) is 1.89. The molecule has 1 saturated carbocycles. The topological polar surface area (TPSA) is 66.4 Å². The summed E-state index contributed by atoms with van der Waals surface area (Å²) in [6.07, 6.45) is 6.60. The molecule has 3 atom stereocenters. The highest BCUT2D eigenvalue weighted by molar-refractivity contribution is 7.99. The van der Waals surface area contributed by atoms with Gasteiger partial charge >= 0.3 is 5.97 Å². The lowest BCUT2D eigenvalue weighted by Gasteiger charge is -2.28. The number of nitrogens with one attached hydrogen (secondary N) is 1. The molecule has 0 aromatic rings. The molecular weight excluding hydrogens is 238 g/mol. The average molecular weight is 259 g/mol. The molecule has 0 radical (unpaired) electrons. The van der Waals surface area contributed by atoms with Gasteiger partial charge in [0.1, 0.15) is 6.04 Å². The van der Waals surface area contributed by atoms with Crippen LogP contribution in [0.1, 0.15) is 39.0 Å². The van der Waals surface area contributed by atoms with Crippen molar-refractivity contribution in [2.24, 2.45) is 5.92 Å². The number of hydrogen-bond acceptors (Lipinski definition) is 3. The van der Waals surface area contributed by atoms with Crippen LogP contribution in [-0.2, 0) is 9.59 Å². The van der Waals surface area contributed by atoms with E-state index in [1.54, 1.807) is 11.8 Å². The van der Waals surface area contributed by atoms with Crippen molar-refractivity contribution in [3.05, 3.63) is 0 Å². The minimum Gasteiger partial charge on any atom is -0.480 e. The van der Waals surface area contributed by atoms with E-state index in [-0.39, 0.29) is 0 Å². The first kappa shape index (κ1) is 14.4. The first-order chi connectivity index (χ1) is 8.17. The van der Waals surface area contributed by atoms with Crippen LogP contribution in [-0.4, -0.2) is 34.5 Å². The van der Waals surface area contributed by atoms with Gasteiger partial charge in [-0.3, -0.25) is 4.79 Å². The molecule has 4 nitrogen and oxygen atoms in total. The fourth-order valence-corrected chi connectivity index (χ4v) is 3.71. The van der Waals surface area contributed by atoms with Crippen molar-refractivity contribution >= 4 is 24.1 Å². The van der Waals surface area contributed by atoms with Crippen LogP contribution in [0.2, 0.25) is 0 Å². The van der Waals surface area contributed by atoms with Crippen LogP contribution in [0, 0.1) is 5.92 Å². The minimum absolute atomic E-state index is 0.467. The summed E-state index contributed by atoms with van der Waals surface area (Å²) < 4.78 is 0. The second-order valence-corrected chi connectivity index (χ2v) is 5.90. The third-order valence-electron chi connectivity index (χ3n) is 3.38. The fraction of sp³-hybridized carbons (Fsp3) is 0.833. The Bertz CT molecular complexity index is 260. The molecule has 2 N–H and O–H groups in total. The van der Waals surface area contributed by atoms with Crippen LogP contribution in [0.25, 0.3) is 0 Å². The van der Waals surface area contributed by atoms with Crippen molar-refractivity contribution in [2.75, 3.05) is 5.75 Å². The zero-order chi connectivity index (χ0) is 12.7. The maximum Gasteiger partial charge on any atom is 0.327 e. The smallest absolute Gasteiger partial charge is 0.327 e. The van der Waals surface area contributed by atoms with E-state index >= 15 is 0 Å². The molecule has 0 aromatic carbocycles. The monoisotopic (exact) mass is 259 g/mol. The number of carbonyl (C=O) groups excluding carboxylic acids is 1. The summed E-state index contributed by atoms with van der Waals surface area (Å²) in [6.45, 7) is 2.21. The Balaban J connectivity index is 2.32. The number of aliphatic carboxylic acids is 1. The zero-order valence-electron chi connectivity index (χ0n) is 10.2. The molecule has 0 spiro atoms.